The van der Waals surface area contributed by atoms with Gasteiger partial charge in [0.25, 0.3) is 5.91 Å². The van der Waals surface area contributed by atoms with Gasteiger partial charge < -0.3 is 21.1 Å². The fourth-order valence-corrected chi connectivity index (χ4v) is 2.65. The van der Waals surface area contributed by atoms with Gasteiger partial charge in [0.15, 0.2) is 5.96 Å². The van der Waals surface area contributed by atoms with Crippen molar-refractivity contribution in [2.45, 2.75) is 12.6 Å². The number of hydrogen-bond acceptors (Lipinski definition) is 4. The third-order valence-corrected chi connectivity index (χ3v) is 4.21. The average molecular weight is 401 g/mol. The molecule has 0 bridgehead atoms. The zero-order chi connectivity index (χ0) is 20.4. The second-order valence-corrected chi connectivity index (χ2v) is 6.33. The van der Waals surface area contributed by atoms with Gasteiger partial charge in [-0.3, -0.25) is 14.7 Å². The van der Waals surface area contributed by atoms with E-state index in [1.807, 2.05) is 0 Å². The summed E-state index contributed by atoms with van der Waals surface area (Å²) in [5.74, 6) is -0.151. The van der Waals surface area contributed by atoms with Crippen molar-refractivity contribution < 1.29 is 22.7 Å². The number of nitrogens with one attached hydrogen (secondary N) is 2. The number of alkyl halides is 3. The Balaban J connectivity index is 1.59. The number of benzene rings is 1. The molecule has 156 valence electrons. The molecule has 2 rings (SSSR count). The molecule has 7 nitrogen and oxygen atoms in total. The number of nitrogens with two attached hydrogens (primary N) is 1. The molecule has 10 heteroatoms. The minimum atomic E-state index is -4.42. The first kappa shape index (κ1) is 22.0. The quantitative estimate of drug-likeness (QED) is 0.344. The predicted molar refractivity (Wildman–Crippen MR) is 100 cm³/mol. The van der Waals surface area contributed by atoms with Crippen LogP contribution in [0.3, 0.4) is 0 Å². The van der Waals surface area contributed by atoms with E-state index in [4.69, 9.17) is 10.5 Å². The van der Waals surface area contributed by atoms with E-state index < -0.39 is 17.6 Å². The number of hydrogen-bond donors (Lipinski definition) is 3. The smallest absolute Gasteiger partial charge is 0.379 e. The Hall–Kier alpha value is -2.33. The number of nitrogens with zero attached hydrogens (tertiary/aromatic N) is 2. The van der Waals surface area contributed by atoms with Crippen LogP contribution in [0, 0.1) is 0 Å². The van der Waals surface area contributed by atoms with E-state index in [9.17, 15) is 18.0 Å². The molecule has 0 unspecified atom stereocenters. The molecular weight excluding hydrogens is 375 g/mol. The molecular formula is C18H26F3N5O2. The van der Waals surface area contributed by atoms with E-state index in [-0.39, 0.29) is 12.1 Å². The number of carbonyl (C=O) groups is 1. The molecule has 1 saturated heterocycles. The lowest BCUT2D eigenvalue weighted by molar-refractivity contribution is -0.137. The Morgan fingerprint density at radius 1 is 1.14 bits per heavy atom. The van der Waals surface area contributed by atoms with Crippen LogP contribution in [0.2, 0.25) is 0 Å². The Morgan fingerprint density at radius 2 is 1.79 bits per heavy atom. The summed E-state index contributed by atoms with van der Waals surface area (Å²) in [6.07, 6.45) is -3.52. The highest BCUT2D eigenvalue weighted by Crippen LogP contribution is 2.28. The molecule has 1 aromatic carbocycles. The van der Waals surface area contributed by atoms with Crippen molar-refractivity contribution >= 4 is 11.9 Å². The first-order chi connectivity index (χ1) is 13.4. The molecule has 1 aliphatic rings. The number of guanidine groups is 1. The van der Waals surface area contributed by atoms with Crippen LogP contribution in [0.25, 0.3) is 0 Å². The van der Waals surface area contributed by atoms with Crippen LogP contribution in [0.4, 0.5) is 13.2 Å². The zero-order valence-electron chi connectivity index (χ0n) is 15.6. The lowest BCUT2D eigenvalue weighted by Gasteiger charge is -2.26. The van der Waals surface area contributed by atoms with Crippen molar-refractivity contribution in [3.05, 3.63) is 35.4 Å². The van der Waals surface area contributed by atoms with Crippen LogP contribution in [0.1, 0.15) is 22.3 Å². The van der Waals surface area contributed by atoms with E-state index in [0.29, 0.717) is 19.0 Å². The molecule has 1 fully saturated rings. The lowest BCUT2D eigenvalue weighted by atomic mass is 10.1. The maximum absolute atomic E-state index is 12.5. The van der Waals surface area contributed by atoms with Crippen molar-refractivity contribution in [1.29, 1.82) is 0 Å². The largest absolute Gasteiger partial charge is 0.416 e. The topological polar surface area (TPSA) is 92.0 Å². The summed E-state index contributed by atoms with van der Waals surface area (Å²) in [6, 6.07) is 4.06. The highest BCUT2D eigenvalue weighted by Gasteiger charge is 2.30. The Bertz CT molecular complexity index is 644. The van der Waals surface area contributed by atoms with Crippen molar-refractivity contribution in [3.8, 4) is 0 Å². The average Bonchev–Trinajstić information content (AvgIpc) is 2.68. The van der Waals surface area contributed by atoms with E-state index >= 15 is 0 Å². The van der Waals surface area contributed by atoms with Crippen molar-refractivity contribution in [2.24, 2.45) is 10.7 Å². The van der Waals surface area contributed by atoms with Gasteiger partial charge in [-0.25, -0.2) is 0 Å². The van der Waals surface area contributed by atoms with Gasteiger partial charge in [0.05, 0.1) is 18.8 Å². The molecule has 0 radical (unpaired) electrons. The Morgan fingerprint density at radius 3 is 2.43 bits per heavy atom. The van der Waals surface area contributed by atoms with Gasteiger partial charge in [-0.15, -0.1) is 0 Å². The van der Waals surface area contributed by atoms with E-state index in [1.54, 1.807) is 0 Å². The van der Waals surface area contributed by atoms with Crippen LogP contribution in [-0.2, 0) is 10.9 Å². The highest BCUT2D eigenvalue weighted by molar-refractivity contribution is 5.94. The number of rotatable bonds is 8. The molecule has 1 aromatic rings. The van der Waals surface area contributed by atoms with Crippen molar-refractivity contribution in [3.63, 3.8) is 0 Å². The fraction of sp³-hybridized carbons (Fsp3) is 0.556. The van der Waals surface area contributed by atoms with Crippen molar-refractivity contribution in [1.82, 2.24) is 15.5 Å². The standard InChI is InChI=1S/C18H26F3N5O2/c19-18(20,21)15-4-2-14(3-5-15)16(27)23-7-8-25-17(22)24-6-1-9-26-10-12-28-13-11-26/h2-5H,1,6-13H2,(H,23,27)(H3,22,24,25). The molecule has 1 aliphatic heterocycles. The van der Waals surface area contributed by atoms with Gasteiger partial charge in [0.1, 0.15) is 0 Å². The second-order valence-electron chi connectivity index (χ2n) is 6.33. The molecule has 0 aromatic heterocycles. The maximum Gasteiger partial charge on any atom is 0.416 e. The monoisotopic (exact) mass is 401 g/mol. The van der Waals surface area contributed by atoms with Crippen LogP contribution >= 0.6 is 0 Å². The predicted octanol–water partition coefficient (Wildman–Crippen LogP) is 1.06. The van der Waals surface area contributed by atoms with Gasteiger partial charge in [-0.1, -0.05) is 0 Å². The van der Waals surface area contributed by atoms with Gasteiger partial charge >= 0.3 is 6.18 Å². The summed E-state index contributed by atoms with van der Waals surface area (Å²) >= 11 is 0. The van der Waals surface area contributed by atoms with Crippen LogP contribution in [0.5, 0.6) is 0 Å². The fourth-order valence-electron chi connectivity index (χ4n) is 2.65. The van der Waals surface area contributed by atoms with E-state index in [1.165, 1.54) is 0 Å². The van der Waals surface area contributed by atoms with E-state index in [0.717, 1.165) is 63.5 Å². The Labute approximate surface area is 162 Å². The number of ether oxygens (including phenoxy) is 1. The van der Waals surface area contributed by atoms with Crippen molar-refractivity contribution in [2.75, 3.05) is 52.5 Å². The number of halogens is 3. The highest BCUT2D eigenvalue weighted by atomic mass is 19.4. The van der Waals surface area contributed by atoms with E-state index in [2.05, 4.69) is 20.5 Å². The normalized spacial score (nSPS) is 16.0. The summed E-state index contributed by atoms with van der Waals surface area (Å²) in [5, 5.41) is 5.50. The maximum atomic E-state index is 12.5. The van der Waals surface area contributed by atoms with Crippen LogP contribution in [0.15, 0.2) is 29.3 Å². The number of morpholine rings is 1. The summed E-state index contributed by atoms with van der Waals surface area (Å²) in [7, 11) is 0. The minimum absolute atomic E-state index is 0.165. The van der Waals surface area contributed by atoms with Gasteiger partial charge in [0.2, 0.25) is 0 Å². The molecule has 28 heavy (non-hydrogen) atoms. The second kappa shape index (κ2) is 10.9. The molecule has 0 saturated carbocycles. The lowest BCUT2D eigenvalue weighted by Crippen LogP contribution is -2.39. The minimum Gasteiger partial charge on any atom is -0.379 e. The summed E-state index contributed by atoms with van der Waals surface area (Å²) < 4.78 is 42.8. The van der Waals surface area contributed by atoms with Gasteiger partial charge in [-0.2, -0.15) is 13.2 Å². The number of amides is 1. The first-order valence-electron chi connectivity index (χ1n) is 9.15. The molecule has 0 spiro atoms. The number of aliphatic imine (C=N–C) groups is 1. The van der Waals surface area contributed by atoms with Gasteiger partial charge in [0, 0.05) is 44.8 Å². The first-order valence-corrected chi connectivity index (χ1v) is 9.15. The molecule has 0 aliphatic carbocycles. The third-order valence-electron chi connectivity index (χ3n) is 4.21. The van der Waals surface area contributed by atoms with Gasteiger partial charge in [-0.05, 0) is 30.7 Å². The third kappa shape index (κ3) is 7.73. The Kier molecular flexibility index (Phi) is 8.52. The summed E-state index contributed by atoms with van der Waals surface area (Å²) in [4.78, 5) is 18.5. The summed E-state index contributed by atoms with van der Waals surface area (Å²) in [6.45, 7) is 5.61. The summed E-state index contributed by atoms with van der Waals surface area (Å²) in [5.41, 5.74) is 5.14. The molecule has 4 N–H and O–H groups in total. The zero-order valence-corrected chi connectivity index (χ0v) is 15.6. The SMILES string of the molecule is NC(=NCCCN1CCOCC1)NCCNC(=O)c1ccc(C(F)(F)F)cc1. The number of carbonyl (C=O) groups excluding carboxylic acids is 1. The molecule has 1 amide bonds. The molecule has 0 atom stereocenters. The van der Waals surface area contributed by atoms with Crippen LogP contribution < -0.4 is 16.4 Å². The van der Waals surface area contributed by atoms with Crippen LogP contribution in [-0.4, -0.2) is 69.2 Å². The molecule has 1 heterocycles.